The molecule has 2 aliphatic heterocycles. The molecule has 0 N–H and O–H groups in total. The van der Waals surface area contributed by atoms with Gasteiger partial charge in [0.25, 0.3) is 0 Å². The van der Waals surface area contributed by atoms with Crippen molar-refractivity contribution in [1.82, 2.24) is 0 Å². The monoisotopic (exact) mass is 466 g/mol. The summed E-state index contributed by atoms with van der Waals surface area (Å²) in [6.45, 7) is 22.7. The van der Waals surface area contributed by atoms with Crippen LogP contribution >= 0.6 is 0 Å². The summed E-state index contributed by atoms with van der Waals surface area (Å²) in [5.74, 6) is 2.92. The smallest absolute Gasteiger partial charge is 0.381 e. The van der Waals surface area contributed by atoms with Gasteiger partial charge in [-0.3, -0.25) is 0 Å². The fourth-order valence-electron chi connectivity index (χ4n) is 3.78. The van der Waals surface area contributed by atoms with E-state index in [0.717, 1.165) is 26.4 Å². The first kappa shape index (κ1) is 30.9. The van der Waals surface area contributed by atoms with Gasteiger partial charge in [0.15, 0.2) is 0 Å². The van der Waals surface area contributed by atoms with E-state index >= 15 is 0 Å². The molecule has 2 saturated heterocycles. The molecule has 4 aliphatic rings. The summed E-state index contributed by atoms with van der Waals surface area (Å²) in [5, 5.41) is 0. The molecule has 4 rings (SSSR count). The van der Waals surface area contributed by atoms with Gasteiger partial charge < -0.3 is 9.47 Å². The Morgan fingerprint density at radius 2 is 0.906 bits per heavy atom. The molecule has 2 saturated carbocycles. The van der Waals surface area contributed by atoms with Crippen LogP contribution in [0.1, 0.15) is 67.2 Å². The van der Waals surface area contributed by atoms with Crippen molar-refractivity contribution in [3.05, 3.63) is 61.4 Å². The van der Waals surface area contributed by atoms with Crippen LogP contribution in [0.3, 0.4) is 0 Å². The van der Waals surface area contributed by atoms with E-state index in [0.29, 0.717) is 0 Å². The van der Waals surface area contributed by atoms with E-state index in [-0.39, 0.29) is 33.9 Å². The van der Waals surface area contributed by atoms with Crippen molar-refractivity contribution in [3.63, 3.8) is 0 Å². The topological polar surface area (TPSA) is 18.5 Å². The van der Waals surface area contributed by atoms with Crippen molar-refractivity contribution in [2.75, 3.05) is 26.4 Å². The van der Waals surface area contributed by atoms with Gasteiger partial charge in [0.2, 0.25) is 0 Å². The number of ether oxygens (including phenoxy) is 2. The van der Waals surface area contributed by atoms with E-state index in [1.807, 2.05) is 0 Å². The van der Waals surface area contributed by atoms with Gasteiger partial charge in [0.1, 0.15) is 0 Å². The van der Waals surface area contributed by atoms with Crippen LogP contribution in [0.2, 0.25) is 13.1 Å². The minimum atomic E-state index is -1.57. The first-order valence-electron chi connectivity index (χ1n) is 12.1. The Kier molecular flexibility index (Phi) is 13.4. The molecule has 4 fully saturated rings. The third kappa shape index (κ3) is 9.87. The summed E-state index contributed by atoms with van der Waals surface area (Å²) in [7, 11) is -1.57. The molecular weight excluding hydrogens is 421 g/mol. The first-order valence-corrected chi connectivity index (χ1v) is 15.1. The zero-order valence-corrected chi connectivity index (χ0v) is 24.6. The largest absolute Gasteiger partial charge is 2.00 e. The van der Waals surface area contributed by atoms with E-state index in [4.69, 9.17) is 9.47 Å². The number of hydrogen-bond acceptors (Lipinski definition) is 2. The minimum Gasteiger partial charge on any atom is -0.381 e. The first-order chi connectivity index (χ1) is 14.4. The van der Waals surface area contributed by atoms with Crippen LogP contribution < -0.4 is 0 Å². The summed E-state index contributed by atoms with van der Waals surface area (Å²) in [4.78, 5) is 0. The Balaban J connectivity index is 0.000000379. The van der Waals surface area contributed by atoms with Crippen LogP contribution in [0.4, 0.5) is 0 Å². The van der Waals surface area contributed by atoms with E-state index in [1.165, 1.54) is 37.5 Å². The second-order valence-electron chi connectivity index (χ2n) is 11.5. The predicted octanol–water partition coefficient (Wildman–Crippen LogP) is 6.63. The number of hydrogen-bond donors (Lipinski definition) is 0. The fourth-order valence-corrected chi connectivity index (χ4v) is 6.15. The predicted molar refractivity (Wildman–Crippen MR) is 141 cm³/mol. The van der Waals surface area contributed by atoms with Gasteiger partial charge in [-0.1, -0.05) is 54.6 Å². The van der Waals surface area contributed by atoms with Crippen molar-refractivity contribution in [3.8, 4) is 0 Å². The molecule has 4 heteroatoms. The SMILES string of the molecule is C1CCOC1.C1CCOC1.CC(C)(C)[C]1[CH][CH][C]([Si](C)(C)[C]2[CH][CH][C](C(C)(C)C)[CH]2)[CH]1.[Mg+2]. The van der Waals surface area contributed by atoms with E-state index in [9.17, 15) is 0 Å². The van der Waals surface area contributed by atoms with Crippen LogP contribution in [0.5, 0.6) is 0 Å². The van der Waals surface area contributed by atoms with Gasteiger partial charge >= 0.3 is 23.1 Å². The third-order valence-corrected chi connectivity index (χ3v) is 9.85. The van der Waals surface area contributed by atoms with Crippen molar-refractivity contribution in [2.24, 2.45) is 10.8 Å². The fraction of sp³-hybridized carbons (Fsp3) is 0.643. The van der Waals surface area contributed by atoms with Gasteiger partial charge in [0.05, 0.1) is 8.07 Å². The molecule has 10 radical (unpaired) electrons. The zero-order valence-electron chi connectivity index (χ0n) is 22.1. The molecule has 0 aromatic rings. The molecular formula is C28H46MgO2Si+2. The van der Waals surface area contributed by atoms with Crippen molar-refractivity contribution < 1.29 is 9.47 Å². The molecule has 0 bridgehead atoms. The molecule has 2 heterocycles. The molecule has 0 amide bonds. The zero-order chi connectivity index (χ0) is 23.1. The quantitative estimate of drug-likeness (QED) is 0.425. The van der Waals surface area contributed by atoms with E-state index in [2.05, 4.69) is 93.2 Å². The minimum absolute atomic E-state index is 0. The van der Waals surface area contributed by atoms with Crippen molar-refractivity contribution >= 4 is 31.1 Å². The summed E-state index contributed by atoms with van der Waals surface area (Å²) in [6, 6.07) is 0. The normalized spacial score (nSPS) is 24.0. The Hall–Kier alpha value is 0.903. The molecule has 0 atom stereocenters. The van der Waals surface area contributed by atoms with Gasteiger partial charge in [0, 0.05) is 26.4 Å². The summed E-state index contributed by atoms with van der Waals surface area (Å²) in [6.07, 6.45) is 19.3. The van der Waals surface area contributed by atoms with Crippen LogP contribution in [0, 0.1) is 72.3 Å². The summed E-state index contributed by atoms with van der Waals surface area (Å²) >= 11 is 0. The number of rotatable bonds is 2. The standard InChI is InChI=1S/C20H30Si.2C4H8O.Mg/c1-19(2,3)15-9-11-17(13-15)21(7,8)18-12-10-16(14-18)20(4,5)6;2*1-2-4-5-3-1;/h9-14H,1-8H3;2*1-4H2;/q;;;+2. The van der Waals surface area contributed by atoms with Crippen molar-refractivity contribution in [2.45, 2.75) is 80.3 Å². The maximum absolute atomic E-state index is 4.94. The average molecular weight is 467 g/mol. The maximum Gasteiger partial charge on any atom is 2.00 e. The van der Waals surface area contributed by atoms with Crippen LogP contribution in [0.15, 0.2) is 0 Å². The Morgan fingerprint density at radius 1 is 0.594 bits per heavy atom. The summed E-state index contributed by atoms with van der Waals surface area (Å²) < 4.78 is 9.89. The summed E-state index contributed by atoms with van der Waals surface area (Å²) in [5.41, 5.74) is 3.59. The molecule has 174 valence electrons. The van der Waals surface area contributed by atoms with Crippen LogP contribution in [0.25, 0.3) is 0 Å². The molecule has 0 unspecified atom stereocenters. The van der Waals surface area contributed by atoms with Gasteiger partial charge in [-0.05, 0) is 98.0 Å². The molecule has 2 aliphatic carbocycles. The van der Waals surface area contributed by atoms with Gasteiger partial charge in [-0.25, -0.2) is 0 Å². The molecule has 32 heavy (non-hydrogen) atoms. The molecule has 0 spiro atoms. The third-order valence-electron chi connectivity index (χ3n) is 6.34. The van der Waals surface area contributed by atoms with Crippen molar-refractivity contribution in [1.29, 1.82) is 0 Å². The van der Waals surface area contributed by atoms with E-state index < -0.39 is 8.07 Å². The Bertz CT molecular complexity index is 441. The van der Waals surface area contributed by atoms with E-state index in [1.54, 1.807) is 11.1 Å². The Morgan fingerprint density at radius 3 is 1.09 bits per heavy atom. The average Bonchev–Trinajstić information content (AvgIpc) is 3.52. The second-order valence-corrected chi connectivity index (χ2v) is 15.9. The van der Waals surface area contributed by atoms with Crippen LogP contribution in [-0.2, 0) is 9.47 Å². The van der Waals surface area contributed by atoms with Gasteiger partial charge in [-0.2, -0.15) is 0 Å². The Labute approximate surface area is 218 Å². The second kappa shape index (κ2) is 13.8. The molecule has 2 nitrogen and oxygen atoms in total. The van der Waals surface area contributed by atoms with Crippen LogP contribution in [-0.4, -0.2) is 57.6 Å². The van der Waals surface area contributed by atoms with Gasteiger partial charge in [-0.15, -0.1) is 0 Å². The molecule has 0 aromatic carbocycles. The maximum atomic E-state index is 4.94. The molecule has 0 aromatic heterocycles.